The van der Waals surface area contributed by atoms with Crippen LogP contribution in [0, 0.1) is 13.8 Å². The molecule has 1 aromatic carbocycles. The number of aryl methyl sites for hydroxylation is 2. The van der Waals surface area contributed by atoms with Gasteiger partial charge in [-0.25, -0.2) is 4.98 Å². The lowest BCUT2D eigenvalue weighted by molar-refractivity contribution is -0.122. The fourth-order valence-corrected chi connectivity index (χ4v) is 5.57. The van der Waals surface area contributed by atoms with Crippen LogP contribution >= 0.6 is 24.0 Å². The molecule has 2 aromatic heterocycles. The van der Waals surface area contributed by atoms with Gasteiger partial charge in [0.15, 0.2) is 0 Å². The lowest BCUT2D eigenvalue weighted by Gasteiger charge is -2.34. The molecule has 1 amide bonds. The molecule has 0 aliphatic carbocycles. The van der Waals surface area contributed by atoms with Gasteiger partial charge in [0.05, 0.1) is 17.0 Å². The Hall–Kier alpha value is -3.01. The zero-order valence-electron chi connectivity index (χ0n) is 20.0. The summed E-state index contributed by atoms with van der Waals surface area (Å²) in [7, 11) is 2.09. The number of hydrogen-bond acceptors (Lipinski definition) is 7. The Morgan fingerprint density at radius 1 is 1.06 bits per heavy atom. The SMILES string of the molecule is Cc1ccc(CN2C(=O)C(=Cc3c(N4CCN(C)CC4)nc4c(C)cccn4c3=O)SC2=S)cc1. The lowest BCUT2D eigenvalue weighted by Crippen LogP contribution is -2.45. The third-order valence-electron chi connectivity index (χ3n) is 6.48. The maximum absolute atomic E-state index is 13.7. The Bertz CT molecular complexity index is 1410. The van der Waals surface area contributed by atoms with Gasteiger partial charge in [0.2, 0.25) is 0 Å². The maximum atomic E-state index is 13.7. The molecular weight excluding hydrogens is 478 g/mol. The van der Waals surface area contributed by atoms with Gasteiger partial charge in [-0.2, -0.15) is 0 Å². The van der Waals surface area contributed by atoms with Gasteiger partial charge in [-0.3, -0.25) is 18.9 Å². The zero-order valence-corrected chi connectivity index (χ0v) is 21.7. The minimum Gasteiger partial charge on any atom is -0.353 e. The number of piperazine rings is 1. The van der Waals surface area contributed by atoms with Gasteiger partial charge in [-0.1, -0.05) is 59.9 Å². The molecular formula is C26H27N5O2S2. The number of thioether (sulfide) groups is 1. The number of amides is 1. The lowest BCUT2D eigenvalue weighted by atomic mass is 10.1. The monoisotopic (exact) mass is 505 g/mol. The molecule has 2 aliphatic heterocycles. The van der Waals surface area contributed by atoms with Crippen LogP contribution in [0.4, 0.5) is 5.82 Å². The van der Waals surface area contributed by atoms with E-state index in [-0.39, 0.29) is 11.5 Å². The van der Waals surface area contributed by atoms with Crippen molar-refractivity contribution >= 4 is 51.7 Å². The predicted octanol–water partition coefficient (Wildman–Crippen LogP) is 3.46. The second-order valence-electron chi connectivity index (χ2n) is 9.08. The minimum atomic E-state index is -0.184. The highest BCUT2D eigenvalue weighted by Gasteiger charge is 2.33. The highest BCUT2D eigenvalue weighted by atomic mass is 32.2. The number of fused-ring (bicyclic) bond motifs is 1. The number of nitrogens with zero attached hydrogens (tertiary/aromatic N) is 5. The third kappa shape index (κ3) is 4.63. The van der Waals surface area contributed by atoms with Crippen molar-refractivity contribution in [2.24, 2.45) is 0 Å². The van der Waals surface area contributed by atoms with Crippen LogP contribution < -0.4 is 10.5 Å². The second-order valence-corrected chi connectivity index (χ2v) is 10.8. The van der Waals surface area contributed by atoms with Crippen molar-refractivity contribution in [1.29, 1.82) is 0 Å². The van der Waals surface area contributed by atoms with Crippen molar-refractivity contribution in [3.8, 4) is 0 Å². The van der Waals surface area contributed by atoms with Crippen LogP contribution in [-0.2, 0) is 11.3 Å². The fourth-order valence-electron chi connectivity index (χ4n) is 4.33. The molecule has 2 saturated heterocycles. The summed E-state index contributed by atoms with van der Waals surface area (Å²) in [6.07, 6.45) is 3.41. The van der Waals surface area contributed by atoms with Gasteiger partial charge in [0.1, 0.15) is 15.8 Å². The Labute approximate surface area is 214 Å². The van der Waals surface area contributed by atoms with E-state index in [9.17, 15) is 9.59 Å². The molecule has 5 rings (SSSR count). The molecule has 35 heavy (non-hydrogen) atoms. The first kappa shape index (κ1) is 23.7. The summed E-state index contributed by atoms with van der Waals surface area (Å²) in [5.41, 5.74) is 3.97. The molecule has 0 N–H and O–H groups in total. The van der Waals surface area contributed by atoms with Crippen LogP contribution in [0.15, 0.2) is 52.3 Å². The van der Waals surface area contributed by atoms with Gasteiger partial charge < -0.3 is 9.80 Å². The van der Waals surface area contributed by atoms with Crippen LogP contribution in [0.1, 0.15) is 22.3 Å². The van der Waals surface area contributed by atoms with E-state index in [4.69, 9.17) is 17.2 Å². The molecule has 7 nitrogen and oxygen atoms in total. The number of thiocarbonyl (C=S) groups is 1. The molecule has 9 heteroatoms. The fraction of sp³-hybridized carbons (Fsp3) is 0.308. The highest BCUT2D eigenvalue weighted by molar-refractivity contribution is 8.26. The van der Waals surface area contributed by atoms with Gasteiger partial charge in [-0.15, -0.1) is 0 Å². The predicted molar refractivity (Wildman–Crippen MR) is 146 cm³/mol. The van der Waals surface area contributed by atoms with Crippen LogP contribution in [0.5, 0.6) is 0 Å². The molecule has 180 valence electrons. The number of aromatic nitrogens is 2. The average molecular weight is 506 g/mol. The molecule has 0 bridgehead atoms. The Morgan fingerprint density at radius 3 is 2.49 bits per heavy atom. The third-order valence-corrected chi connectivity index (χ3v) is 7.86. The van der Waals surface area contributed by atoms with Crippen LogP contribution in [0.3, 0.4) is 0 Å². The normalized spacial score (nSPS) is 18.3. The molecule has 4 heterocycles. The van der Waals surface area contributed by atoms with E-state index >= 15 is 0 Å². The van der Waals surface area contributed by atoms with E-state index in [1.54, 1.807) is 21.6 Å². The molecule has 2 fully saturated rings. The molecule has 0 unspecified atom stereocenters. The first-order valence-corrected chi connectivity index (χ1v) is 12.8. The summed E-state index contributed by atoms with van der Waals surface area (Å²) < 4.78 is 2.06. The summed E-state index contributed by atoms with van der Waals surface area (Å²) >= 11 is 6.78. The number of benzene rings is 1. The van der Waals surface area contributed by atoms with Crippen molar-refractivity contribution in [2.45, 2.75) is 20.4 Å². The quantitative estimate of drug-likeness (QED) is 0.398. The summed E-state index contributed by atoms with van der Waals surface area (Å²) in [6.45, 7) is 7.68. The number of pyridine rings is 1. The average Bonchev–Trinajstić information content (AvgIpc) is 3.10. The van der Waals surface area contributed by atoms with Gasteiger partial charge in [0.25, 0.3) is 11.5 Å². The van der Waals surface area contributed by atoms with E-state index in [0.29, 0.717) is 32.8 Å². The first-order valence-electron chi connectivity index (χ1n) is 11.6. The number of hydrogen-bond donors (Lipinski definition) is 0. The standard InChI is InChI=1S/C26H27N5O2S2/c1-17-6-8-19(9-7-17)16-31-25(33)21(35-26(31)34)15-20-23(29-13-11-28(3)12-14-29)27-22-18(2)5-4-10-30(22)24(20)32/h4-10,15H,11-14,16H2,1-3H3. The van der Waals surface area contributed by atoms with E-state index in [1.807, 2.05) is 50.2 Å². The molecule has 0 spiro atoms. The van der Waals surface area contributed by atoms with Crippen molar-refractivity contribution in [1.82, 2.24) is 19.2 Å². The molecule has 0 radical (unpaired) electrons. The van der Waals surface area contributed by atoms with Crippen molar-refractivity contribution in [3.63, 3.8) is 0 Å². The summed E-state index contributed by atoms with van der Waals surface area (Å²) in [6, 6.07) is 11.8. The van der Waals surface area contributed by atoms with Crippen molar-refractivity contribution in [3.05, 3.63) is 80.1 Å². The molecule has 3 aromatic rings. The molecule has 2 aliphatic rings. The number of rotatable bonds is 4. The maximum Gasteiger partial charge on any atom is 0.267 e. The highest BCUT2D eigenvalue weighted by Crippen LogP contribution is 2.34. The topological polar surface area (TPSA) is 61.2 Å². The molecule has 0 atom stereocenters. The van der Waals surface area contributed by atoms with Gasteiger partial charge in [0, 0.05) is 32.4 Å². The van der Waals surface area contributed by atoms with E-state index in [0.717, 1.165) is 42.9 Å². The minimum absolute atomic E-state index is 0.182. The molecule has 0 saturated carbocycles. The zero-order chi connectivity index (χ0) is 24.7. The Balaban J connectivity index is 1.56. The Kier molecular flexibility index (Phi) is 6.48. The van der Waals surface area contributed by atoms with Crippen molar-refractivity contribution < 1.29 is 4.79 Å². The second kappa shape index (κ2) is 9.56. The largest absolute Gasteiger partial charge is 0.353 e. The van der Waals surface area contributed by atoms with Gasteiger partial charge >= 0.3 is 0 Å². The smallest absolute Gasteiger partial charge is 0.267 e. The Morgan fingerprint density at radius 2 is 1.77 bits per heavy atom. The number of anilines is 1. The number of likely N-dealkylation sites (N-methyl/N-ethyl adjacent to an activating group) is 1. The van der Waals surface area contributed by atoms with Crippen LogP contribution in [0.2, 0.25) is 0 Å². The van der Waals surface area contributed by atoms with Crippen LogP contribution in [-0.4, -0.2) is 62.6 Å². The number of carbonyl (C=O) groups excluding carboxylic acids is 1. The van der Waals surface area contributed by atoms with Crippen LogP contribution in [0.25, 0.3) is 11.7 Å². The first-order chi connectivity index (χ1) is 16.8. The number of carbonyl (C=O) groups is 1. The summed E-state index contributed by atoms with van der Waals surface area (Å²) in [4.78, 5) is 38.4. The van der Waals surface area contributed by atoms with Crippen molar-refractivity contribution in [2.75, 3.05) is 38.1 Å². The van der Waals surface area contributed by atoms with E-state index < -0.39 is 0 Å². The summed E-state index contributed by atoms with van der Waals surface area (Å²) in [5, 5.41) is 0. The summed E-state index contributed by atoms with van der Waals surface area (Å²) in [5.74, 6) is 0.444. The van der Waals surface area contributed by atoms with E-state index in [2.05, 4.69) is 16.8 Å². The van der Waals surface area contributed by atoms with E-state index in [1.165, 1.54) is 11.8 Å². The van der Waals surface area contributed by atoms with Gasteiger partial charge in [-0.05, 0) is 44.2 Å².